The molecule has 0 bridgehead atoms. The van der Waals surface area contributed by atoms with E-state index in [0.717, 1.165) is 32.1 Å². The Morgan fingerprint density at radius 1 is 1.14 bits per heavy atom. The fourth-order valence-corrected chi connectivity index (χ4v) is 5.28. The van der Waals surface area contributed by atoms with Crippen molar-refractivity contribution in [2.24, 2.45) is 17.6 Å². The summed E-state index contributed by atoms with van der Waals surface area (Å²) in [5, 5.41) is 0. The van der Waals surface area contributed by atoms with Crippen LogP contribution in [0.4, 0.5) is 0 Å². The van der Waals surface area contributed by atoms with Crippen LogP contribution in [0.25, 0.3) is 0 Å². The Labute approximate surface area is 129 Å². The van der Waals surface area contributed by atoms with Gasteiger partial charge in [-0.15, -0.1) is 0 Å². The summed E-state index contributed by atoms with van der Waals surface area (Å²) in [5.74, 6) is 0.997. The van der Waals surface area contributed by atoms with Crippen LogP contribution in [0.15, 0.2) is 0 Å². The molecular weight excluding hydrogens is 286 g/mol. The first kappa shape index (κ1) is 17.2. The van der Waals surface area contributed by atoms with Crippen molar-refractivity contribution in [3.63, 3.8) is 0 Å². The van der Waals surface area contributed by atoms with Crippen LogP contribution in [-0.2, 0) is 10.2 Å². The Morgan fingerprint density at radius 3 is 2.29 bits per heavy atom. The quantitative estimate of drug-likeness (QED) is 0.785. The highest BCUT2D eigenvalue weighted by Crippen LogP contribution is 2.28. The Morgan fingerprint density at radius 2 is 1.76 bits per heavy atom. The summed E-state index contributed by atoms with van der Waals surface area (Å²) in [6.45, 7) is 3.97. The van der Waals surface area contributed by atoms with Crippen molar-refractivity contribution < 1.29 is 8.42 Å². The molecule has 0 radical (unpaired) electrons. The smallest absolute Gasteiger partial charge is 0.279 e. The van der Waals surface area contributed by atoms with E-state index in [1.807, 2.05) is 0 Å². The largest absolute Gasteiger partial charge is 0.330 e. The molecule has 0 amide bonds. The first-order valence-corrected chi connectivity index (χ1v) is 9.98. The molecule has 0 spiro atoms. The maximum atomic E-state index is 12.6. The van der Waals surface area contributed by atoms with Crippen LogP contribution in [-0.4, -0.2) is 38.4 Å². The molecule has 1 heterocycles. The van der Waals surface area contributed by atoms with Gasteiger partial charge >= 0.3 is 0 Å². The van der Waals surface area contributed by atoms with Gasteiger partial charge in [0.1, 0.15) is 0 Å². The molecule has 1 saturated carbocycles. The van der Waals surface area contributed by atoms with E-state index in [1.54, 1.807) is 4.31 Å². The Bertz CT molecular complexity index is 399. The van der Waals surface area contributed by atoms with Crippen LogP contribution in [0.5, 0.6) is 0 Å². The van der Waals surface area contributed by atoms with E-state index in [-0.39, 0.29) is 6.04 Å². The first-order valence-electron chi connectivity index (χ1n) is 8.54. The van der Waals surface area contributed by atoms with E-state index >= 15 is 0 Å². The molecule has 2 aliphatic rings. The SMILES string of the molecule is CCC(NS(=O)(=O)N1CCC(CN)CC1)C1CCCCC1. The second-order valence-corrected chi connectivity index (χ2v) is 8.32. The summed E-state index contributed by atoms with van der Waals surface area (Å²) in [4.78, 5) is 0. The average molecular weight is 317 g/mol. The average Bonchev–Trinajstić information content (AvgIpc) is 2.53. The number of piperidine rings is 1. The Balaban J connectivity index is 1.92. The van der Waals surface area contributed by atoms with Crippen molar-refractivity contribution in [1.82, 2.24) is 9.03 Å². The number of hydrogen-bond acceptors (Lipinski definition) is 3. The van der Waals surface area contributed by atoms with Crippen LogP contribution >= 0.6 is 0 Å². The van der Waals surface area contributed by atoms with Crippen molar-refractivity contribution >= 4 is 10.2 Å². The lowest BCUT2D eigenvalue weighted by atomic mass is 9.83. The van der Waals surface area contributed by atoms with Gasteiger partial charge < -0.3 is 5.73 Å². The summed E-state index contributed by atoms with van der Waals surface area (Å²) in [6, 6.07) is 0.0996. The molecule has 1 saturated heterocycles. The maximum Gasteiger partial charge on any atom is 0.279 e. The zero-order valence-corrected chi connectivity index (χ0v) is 14.1. The van der Waals surface area contributed by atoms with Gasteiger partial charge in [0, 0.05) is 19.1 Å². The molecule has 1 aliphatic carbocycles. The summed E-state index contributed by atoms with van der Waals surface area (Å²) in [5.41, 5.74) is 5.67. The van der Waals surface area contributed by atoms with Gasteiger partial charge in [0.25, 0.3) is 10.2 Å². The molecule has 0 aromatic carbocycles. The van der Waals surface area contributed by atoms with Gasteiger partial charge in [0.2, 0.25) is 0 Å². The fourth-order valence-electron chi connectivity index (χ4n) is 3.70. The van der Waals surface area contributed by atoms with Crippen molar-refractivity contribution in [2.75, 3.05) is 19.6 Å². The van der Waals surface area contributed by atoms with Gasteiger partial charge in [-0.05, 0) is 50.5 Å². The molecule has 2 fully saturated rings. The number of nitrogens with zero attached hydrogens (tertiary/aromatic N) is 1. The molecule has 1 unspecified atom stereocenters. The molecule has 124 valence electrons. The second-order valence-electron chi connectivity index (χ2n) is 6.61. The maximum absolute atomic E-state index is 12.6. The van der Waals surface area contributed by atoms with Gasteiger partial charge in [-0.1, -0.05) is 26.2 Å². The predicted octanol–water partition coefficient (Wildman–Crippen LogP) is 1.85. The summed E-state index contributed by atoms with van der Waals surface area (Å²) in [6.07, 6.45) is 8.76. The molecule has 1 aliphatic heterocycles. The zero-order chi connectivity index (χ0) is 15.3. The highest BCUT2D eigenvalue weighted by Gasteiger charge is 2.31. The van der Waals surface area contributed by atoms with Crippen LogP contribution in [0.2, 0.25) is 0 Å². The van der Waals surface area contributed by atoms with Crippen LogP contribution in [0, 0.1) is 11.8 Å². The van der Waals surface area contributed by atoms with Crippen molar-refractivity contribution in [2.45, 2.75) is 64.3 Å². The lowest BCUT2D eigenvalue weighted by Gasteiger charge is -2.34. The zero-order valence-electron chi connectivity index (χ0n) is 13.3. The van der Waals surface area contributed by atoms with E-state index < -0.39 is 10.2 Å². The Kier molecular flexibility index (Phi) is 6.47. The van der Waals surface area contributed by atoms with E-state index in [2.05, 4.69) is 11.6 Å². The van der Waals surface area contributed by atoms with E-state index in [9.17, 15) is 8.42 Å². The third-order valence-electron chi connectivity index (χ3n) is 5.21. The highest BCUT2D eigenvalue weighted by molar-refractivity contribution is 7.87. The van der Waals surface area contributed by atoms with E-state index in [1.165, 1.54) is 19.3 Å². The first-order chi connectivity index (χ1) is 10.1. The van der Waals surface area contributed by atoms with Crippen LogP contribution in [0.1, 0.15) is 58.3 Å². The summed E-state index contributed by atoms with van der Waals surface area (Å²) < 4.78 is 29.8. The van der Waals surface area contributed by atoms with Crippen LogP contribution in [0.3, 0.4) is 0 Å². The highest BCUT2D eigenvalue weighted by atomic mass is 32.2. The number of hydrogen-bond donors (Lipinski definition) is 2. The minimum absolute atomic E-state index is 0.0996. The minimum Gasteiger partial charge on any atom is -0.330 e. The van der Waals surface area contributed by atoms with Crippen molar-refractivity contribution in [3.05, 3.63) is 0 Å². The molecule has 2 rings (SSSR count). The molecule has 0 aromatic rings. The molecular formula is C15H31N3O2S. The van der Waals surface area contributed by atoms with E-state index in [0.29, 0.717) is 31.5 Å². The van der Waals surface area contributed by atoms with Gasteiger partial charge in [0.15, 0.2) is 0 Å². The molecule has 1 atom stereocenters. The van der Waals surface area contributed by atoms with E-state index in [4.69, 9.17) is 5.73 Å². The lowest BCUT2D eigenvalue weighted by Crippen LogP contribution is -2.50. The monoisotopic (exact) mass is 317 g/mol. The van der Waals surface area contributed by atoms with Gasteiger partial charge in [-0.2, -0.15) is 17.4 Å². The van der Waals surface area contributed by atoms with Gasteiger partial charge in [0.05, 0.1) is 0 Å². The second kappa shape index (κ2) is 7.90. The number of nitrogens with two attached hydrogens (primary N) is 1. The molecule has 0 aromatic heterocycles. The van der Waals surface area contributed by atoms with Crippen molar-refractivity contribution in [3.8, 4) is 0 Å². The standard InChI is InChI=1S/C15H31N3O2S/c1-2-15(14-6-4-3-5-7-14)17-21(19,20)18-10-8-13(12-16)9-11-18/h13-15,17H,2-12,16H2,1H3. The lowest BCUT2D eigenvalue weighted by molar-refractivity contribution is 0.258. The van der Waals surface area contributed by atoms with Gasteiger partial charge in [-0.25, -0.2) is 0 Å². The molecule has 6 heteroatoms. The van der Waals surface area contributed by atoms with Crippen molar-refractivity contribution in [1.29, 1.82) is 0 Å². The third-order valence-corrected chi connectivity index (χ3v) is 6.85. The number of nitrogens with one attached hydrogen (secondary N) is 1. The normalized spacial score (nSPS) is 25.0. The molecule has 21 heavy (non-hydrogen) atoms. The van der Waals surface area contributed by atoms with Gasteiger partial charge in [-0.3, -0.25) is 0 Å². The topological polar surface area (TPSA) is 75.4 Å². The number of rotatable bonds is 6. The summed E-state index contributed by atoms with van der Waals surface area (Å²) in [7, 11) is -3.33. The predicted molar refractivity (Wildman–Crippen MR) is 86.1 cm³/mol. The molecule has 5 nitrogen and oxygen atoms in total. The Hall–Kier alpha value is -0.170. The fraction of sp³-hybridized carbons (Fsp3) is 1.00. The third kappa shape index (κ3) is 4.65. The summed E-state index contributed by atoms with van der Waals surface area (Å²) >= 11 is 0. The minimum atomic E-state index is -3.33. The molecule has 3 N–H and O–H groups in total. The van der Waals surface area contributed by atoms with Crippen LogP contribution < -0.4 is 10.5 Å².